The Labute approximate surface area is 149 Å². The van der Waals surface area contributed by atoms with Crippen LogP contribution in [0.3, 0.4) is 0 Å². The van der Waals surface area contributed by atoms with Gasteiger partial charge in [-0.2, -0.15) is 4.57 Å². The summed E-state index contributed by atoms with van der Waals surface area (Å²) in [5.74, 6) is 0.763. The van der Waals surface area contributed by atoms with E-state index in [1.54, 1.807) is 6.07 Å². The van der Waals surface area contributed by atoms with Gasteiger partial charge in [0.1, 0.15) is 18.2 Å². The fourth-order valence-corrected chi connectivity index (χ4v) is 3.58. The second-order valence-corrected chi connectivity index (χ2v) is 6.46. The maximum atomic E-state index is 7.22. The zero-order chi connectivity index (χ0) is 17.8. The van der Waals surface area contributed by atoms with Crippen LogP contribution in [-0.2, 0) is 7.05 Å². The number of aryl methyl sites for hydroxylation is 2. The SMILES string of the molecule is [C-]#[N+]c1ccc2c(c1)oc1c(-c3oc4ccccc4[n+]3C)c(C)ccc12. The average molecular weight is 339 g/mol. The summed E-state index contributed by atoms with van der Waals surface area (Å²) in [4.78, 5) is 3.50. The third kappa shape index (κ3) is 1.91. The maximum Gasteiger partial charge on any atom is 0.385 e. The van der Waals surface area contributed by atoms with Crippen molar-refractivity contribution < 1.29 is 13.4 Å². The van der Waals surface area contributed by atoms with Crippen LogP contribution in [-0.4, -0.2) is 0 Å². The van der Waals surface area contributed by atoms with Gasteiger partial charge in [0.15, 0.2) is 11.3 Å². The third-order valence-electron chi connectivity index (χ3n) is 4.91. The van der Waals surface area contributed by atoms with Gasteiger partial charge in [-0.1, -0.05) is 36.4 Å². The minimum Gasteiger partial charge on any atom is -0.456 e. The summed E-state index contributed by atoms with van der Waals surface area (Å²) in [6.07, 6.45) is 0. The minimum atomic E-state index is 0.573. The lowest BCUT2D eigenvalue weighted by molar-refractivity contribution is -0.637. The molecule has 4 heteroatoms. The van der Waals surface area contributed by atoms with Gasteiger partial charge in [-0.3, -0.25) is 0 Å². The molecule has 4 nitrogen and oxygen atoms in total. The second-order valence-electron chi connectivity index (χ2n) is 6.46. The number of rotatable bonds is 1. The van der Waals surface area contributed by atoms with Gasteiger partial charge < -0.3 is 8.83 Å². The van der Waals surface area contributed by atoms with Crippen molar-refractivity contribution >= 4 is 38.7 Å². The standard InChI is InChI=1S/C22H15N2O2/c1-13-8-10-16-15-11-9-14(23-2)12-19(15)25-21(16)20(13)22-24(3)17-6-4-5-7-18(17)26-22/h4-12H,1,3H3/q+1. The zero-order valence-electron chi connectivity index (χ0n) is 14.4. The van der Waals surface area contributed by atoms with E-state index in [0.717, 1.165) is 50.1 Å². The Morgan fingerprint density at radius 2 is 1.73 bits per heavy atom. The van der Waals surface area contributed by atoms with E-state index in [1.165, 1.54) is 0 Å². The monoisotopic (exact) mass is 339 g/mol. The Morgan fingerprint density at radius 1 is 0.923 bits per heavy atom. The minimum absolute atomic E-state index is 0.573. The molecule has 0 bridgehead atoms. The molecule has 2 aromatic heterocycles. The summed E-state index contributed by atoms with van der Waals surface area (Å²) >= 11 is 0. The van der Waals surface area contributed by atoms with Gasteiger partial charge in [-0.05, 0) is 24.6 Å². The van der Waals surface area contributed by atoms with Crippen LogP contribution >= 0.6 is 0 Å². The molecule has 0 radical (unpaired) electrons. The van der Waals surface area contributed by atoms with E-state index < -0.39 is 0 Å². The van der Waals surface area contributed by atoms with Crippen molar-refractivity contribution in [3.8, 4) is 11.5 Å². The highest BCUT2D eigenvalue weighted by Gasteiger charge is 2.26. The highest BCUT2D eigenvalue weighted by molar-refractivity contribution is 6.10. The van der Waals surface area contributed by atoms with E-state index in [4.69, 9.17) is 15.4 Å². The lowest BCUT2D eigenvalue weighted by Crippen LogP contribution is -2.28. The zero-order valence-corrected chi connectivity index (χ0v) is 14.4. The van der Waals surface area contributed by atoms with Gasteiger partial charge in [-0.25, -0.2) is 4.85 Å². The summed E-state index contributed by atoms with van der Waals surface area (Å²) < 4.78 is 14.4. The van der Waals surface area contributed by atoms with Crippen molar-refractivity contribution in [1.82, 2.24) is 0 Å². The molecule has 0 aliphatic rings. The Bertz CT molecular complexity index is 1370. The fraction of sp³-hybridized carbons (Fsp3) is 0.0909. The van der Waals surface area contributed by atoms with Gasteiger partial charge in [0.25, 0.3) is 5.52 Å². The van der Waals surface area contributed by atoms with E-state index in [2.05, 4.69) is 28.5 Å². The molecular formula is C22H15N2O2+. The molecule has 0 atom stereocenters. The van der Waals surface area contributed by atoms with Gasteiger partial charge in [0.05, 0.1) is 6.57 Å². The van der Waals surface area contributed by atoms with Crippen molar-refractivity contribution in [2.24, 2.45) is 7.05 Å². The number of para-hydroxylation sites is 2. The fourth-order valence-electron chi connectivity index (χ4n) is 3.58. The Balaban J connectivity index is 1.91. The summed E-state index contributed by atoms with van der Waals surface area (Å²) in [5, 5.41) is 2.03. The summed E-state index contributed by atoms with van der Waals surface area (Å²) in [6.45, 7) is 9.27. The number of benzene rings is 3. The number of fused-ring (bicyclic) bond motifs is 4. The number of hydrogen-bond donors (Lipinski definition) is 0. The molecule has 3 aromatic carbocycles. The number of furan rings is 1. The van der Waals surface area contributed by atoms with E-state index in [9.17, 15) is 0 Å². The number of hydrogen-bond acceptors (Lipinski definition) is 2. The molecule has 2 heterocycles. The maximum absolute atomic E-state index is 7.22. The molecule has 26 heavy (non-hydrogen) atoms. The molecule has 0 aliphatic carbocycles. The first kappa shape index (κ1) is 14.7. The Hall–Kier alpha value is -3.58. The summed E-state index contributed by atoms with van der Waals surface area (Å²) in [5.41, 5.74) is 5.98. The molecule has 0 unspecified atom stereocenters. The number of nitrogens with zero attached hydrogens (tertiary/aromatic N) is 2. The molecular weight excluding hydrogens is 324 g/mol. The van der Waals surface area contributed by atoms with Crippen LogP contribution in [0.1, 0.15) is 5.56 Å². The second kappa shape index (κ2) is 5.21. The average Bonchev–Trinajstić information content (AvgIpc) is 3.19. The van der Waals surface area contributed by atoms with Crippen molar-refractivity contribution in [2.75, 3.05) is 0 Å². The van der Waals surface area contributed by atoms with Gasteiger partial charge in [0, 0.05) is 16.8 Å². The molecule has 5 aromatic rings. The molecule has 5 rings (SSSR count). The first-order valence-electron chi connectivity index (χ1n) is 8.38. The topological polar surface area (TPSA) is 34.5 Å². The van der Waals surface area contributed by atoms with E-state index in [0.29, 0.717) is 5.69 Å². The molecule has 0 amide bonds. The van der Waals surface area contributed by atoms with Crippen LogP contribution in [0.15, 0.2) is 63.4 Å². The normalized spacial score (nSPS) is 11.4. The summed E-state index contributed by atoms with van der Waals surface area (Å²) in [6, 6.07) is 17.7. The molecule has 0 spiro atoms. The first-order valence-corrected chi connectivity index (χ1v) is 8.38. The van der Waals surface area contributed by atoms with Crippen LogP contribution in [0.2, 0.25) is 0 Å². The highest BCUT2D eigenvalue weighted by Crippen LogP contribution is 2.38. The van der Waals surface area contributed by atoms with Gasteiger partial charge >= 0.3 is 5.89 Å². The predicted octanol–water partition coefficient (Wildman–Crippen LogP) is 5.68. The molecule has 0 fully saturated rings. The first-order chi connectivity index (χ1) is 12.7. The largest absolute Gasteiger partial charge is 0.456 e. The predicted molar refractivity (Wildman–Crippen MR) is 101 cm³/mol. The molecule has 124 valence electrons. The van der Waals surface area contributed by atoms with Crippen LogP contribution < -0.4 is 4.57 Å². The Kier molecular flexibility index (Phi) is 2.95. The molecule has 0 saturated heterocycles. The van der Waals surface area contributed by atoms with Crippen molar-refractivity contribution in [3.63, 3.8) is 0 Å². The lowest BCUT2D eigenvalue weighted by atomic mass is 10.0. The molecule has 0 N–H and O–H groups in total. The smallest absolute Gasteiger partial charge is 0.385 e. The van der Waals surface area contributed by atoms with Crippen LogP contribution in [0.4, 0.5) is 5.69 Å². The quantitative estimate of drug-likeness (QED) is 0.291. The van der Waals surface area contributed by atoms with Crippen molar-refractivity contribution in [1.29, 1.82) is 0 Å². The highest BCUT2D eigenvalue weighted by atomic mass is 16.4. The number of oxazole rings is 1. The van der Waals surface area contributed by atoms with E-state index in [1.807, 2.05) is 43.4 Å². The van der Waals surface area contributed by atoms with E-state index in [-0.39, 0.29) is 0 Å². The van der Waals surface area contributed by atoms with Crippen LogP contribution in [0.5, 0.6) is 0 Å². The lowest BCUT2D eigenvalue weighted by Gasteiger charge is -2.00. The van der Waals surface area contributed by atoms with E-state index >= 15 is 0 Å². The van der Waals surface area contributed by atoms with Gasteiger partial charge in [0.2, 0.25) is 5.58 Å². The number of aromatic nitrogens is 1. The van der Waals surface area contributed by atoms with Crippen molar-refractivity contribution in [2.45, 2.75) is 6.92 Å². The molecule has 0 saturated carbocycles. The van der Waals surface area contributed by atoms with Gasteiger partial charge in [-0.15, -0.1) is 0 Å². The third-order valence-corrected chi connectivity index (χ3v) is 4.91. The molecule has 0 aliphatic heterocycles. The Morgan fingerprint density at radius 3 is 2.54 bits per heavy atom. The summed E-state index contributed by atoms with van der Waals surface area (Å²) in [7, 11) is 2.00. The van der Waals surface area contributed by atoms with Crippen LogP contribution in [0.25, 0.3) is 49.3 Å². The van der Waals surface area contributed by atoms with Crippen LogP contribution in [0, 0.1) is 13.5 Å². The van der Waals surface area contributed by atoms with Crippen molar-refractivity contribution in [3.05, 3.63) is 71.6 Å².